The highest BCUT2D eigenvalue weighted by Crippen LogP contribution is 2.17. The van der Waals surface area contributed by atoms with Crippen LogP contribution in [0.2, 0.25) is 0 Å². The number of nitrogens with zero attached hydrogens (tertiary/aromatic N) is 3. The van der Waals surface area contributed by atoms with Gasteiger partial charge in [-0.3, -0.25) is 10.00 Å². The van der Waals surface area contributed by atoms with Gasteiger partial charge in [0.15, 0.2) is 5.82 Å². The molecule has 2 amide bonds. The molecule has 3 aromatic rings. The van der Waals surface area contributed by atoms with Crippen LogP contribution in [0.5, 0.6) is 0 Å². The Bertz CT molecular complexity index is 894. The predicted octanol–water partition coefficient (Wildman–Crippen LogP) is 4.04. The molecule has 2 aromatic carbocycles. The number of rotatable bonds is 5. The van der Waals surface area contributed by atoms with Crippen LogP contribution in [0.4, 0.5) is 16.3 Å². The number of urea groups is 1. The van der Waals surface area contributed by atoms with Crippen molar-refractivity contribution in [2.24, 2.45) is 0 Å². The Balaban J connectivity index is 1.32. The van der Waals surface area contributed by atoms with Gasteiger partial charge in [-0.15, -0.1) is 0 Å². The maximum Gasteiger partial charge on any atom is 0.323 e. The number of hydrogen-bond acceptors (Lipinski definition) is 3. The summed E-state index contributed by atoms with van der Waals surface area (Å²) >= 11 is 0. The number of nitrogens with one attached hydrogen (secondary N) is 2. The first-order chi connectivity index (χ1) is 13.8. The van der Waals surface area contributed by atoms with Crippen LogP contribution < -0.4 is 10.6 Å². The van der Waals surface area contributed by atoms with Crippen molar-refractivity contribution in [3.8, 4) is 0 Å². The van der Waals surface area contributed by atoms with Gasteiger partial charge in [-0.1, -0.05) is 48.5 Å². The molecular formula is C22H25N5O. The number of amides is 2. The topological polar surface area (TPSA) is 62.2 Å². The lowest BCUT2D eigenvalue weighted by atomic mass is 10.1. The number of para-hydroxylation sites is 1. The van der Waals surface area contributed by atoms with Crippen LogP contribution in [0.25, 0.3) is 0 Å². The van der Waals surface area contributed by atoms with Gasteiger partial charge in [0, 0.05) is 37.1 Å². The van der Waals surface area contributed by atoms with Crippen molar-refractivity contribution in [3.63, 3.8) is 0 Å². The van der Waals surface area contributed by atoms with E-state index in [0.29, 0.717) is 18.9 Å². The van der Waals surface area contributed by atoms with E-state index in [0.717, 1.165) is 25.1 Å². The number of anilines is 2. The molecule has 2 heterocycles. The zero-order valence-electron chi connectivity index (χ0n) is 15.8. The fraction of sp³-hybridized carbons (Fsp3) is 0.273. The van der Waals surface area contributed by atoms with Crippen LogP contribution in [0.3, 0.4) is 0 Å². The summed E-state index contributed by atoms with van der Waals surface area (Å²) in [5, 5.41) is 10.9. The Labute approximate surface area is 165 Å². The van der Waals surface area contributed by atoms with Gasteiger partial charge in [-0.2, -0.15) is 5.10 Å². The van der Waals surface area contributed by atoms with Gasteiger partial charge in [0.1, 0.15) is 0 Å². The molecule has 1 aliphatic heterocycles. The van der Waals surface area contributed by atoms with E-state index >= 15 is 0 Å². The van der Waals surface area contributed by atoms with Gasteiger partial charge < -0.3 is 10.2 Å². The molecule has 0 radical (unpaired) electrons. The van der Waals surface area contributed by atoms with E-state index in [-0.39, 0.29) is 12.1 Å². The monoisotopic (exact) mass is 375 g/mol. The van der Waals surface area contributed by atoms with E-state index in [1.807, 2.05) is 58.2 Å². The maximum atomic E-state index is 12.7. The van der Waals surface area contributed by atoms with Crippen LogP contribution >= 0.6 is 0 Å². The Kier molecular flexibility index (Phi) is 5.56. The summed E-state index contributed by atoms with van der Waals surface area (Å²) < 4.78 is 1.83. The number of benzene rings is 2. The third-order valence-corrected chi connectivity index (χ3v) is 4.92. The second-order valence-corrected chi connectivity index (χ2v) is 7.11. The molecule has 6 nitrogen and oxygen atoms in total. The van der Waals surface area contributed by atoms with E-state index in [1.54, 1.807) is 0 Å². The van der Waals surface area contributed by atoms with Crippen LogP contribution in [-0.4, -0.2) is 39.8 Å². The third-order valence-electron chi connectivity index (χ3n) is 4.92. The normalized spacial score (nSPS) is 16.6. The van der Waals surface area contributed by atoms with Gasteiger partial charge in [0.05, 0.1) is 6.54 Å². The Morgan fingerprint density at radius 1 is 1.04 bits per heavy atom. The van der Waals surface area contributed by atoms with Crippen molar-refractivity contribution in [1.29, 1.82) is 0 Å². The fourth-order valence-electron chi connectivity index (χ4n) is 3.53. The second-order valence-electron chi connectivity index (χ2n) is 7.11. The molecule has 1 aromatic heterocycles. The minimum atomic E-state index is -0.0930. The third kappa shape index (κ3) is 4.71. The summed E-state index contributed by atoms with van der Waals surface area (Å²) in [6.45, 7) is 2.14. The molecule has 6 heteroatoms. The van der Waals surface area contributed by atoms with Crippen LogP contribution in [0.1, 0.15) is 18.4 Å². The van der Waals surface area contributed by atoms with E-state index in [9.17, 15) is 4.79 Å². The lowest BCUT2D eigenvalue weighted by Crippen LogP contribution is -2.46. The molecule has 144 valence electrons. The quantitative estimate of drug-likeness (QED) is 0.707. The molecule has 0 saturated carbocycles. The summed E-state index contributed by atoms with van der Waals surface area (Å²) in [7, 11) is 0. The van der Waals surface area contributed by atoms with E-state index in [4.69, 9.17) is 0 Å². The average molecular weight is 375 g/mol. The van der Waals surface area contributed by atoms with Crippen molar-refractivity contribution < 1.29 is 4.79 Å². The standard InChI is InChI=1S/C22H25N5O/c28-22(24-21-13-15-27(25-21)16-18-8-3-1-4-9-18)26-14-7-12-20(17-26)23-19-10-5-2-6-11-19/h1-6,8-11,13,15,20,23H,7,12,14,16-17H2,(H,24,25,28)/t20-/m1/s1. The molecular weight excluding hydrogens is 350 g/mol. The van der Waals surface area contributed by atoms with Gasteiger partial charge >= 0.3 is 6.03 Å². The van der Waals surface area contributed by atoms with Crippen LogP contribution in [0, 0.1) is 0 Å². The number of likely N-dealkylation sites (tertiary alicyclic amines) is 1. The molecule has 1 fully saturated rings. The minimum absolute atomic E-state index is 0.0930. The summed E-state index contributed by atoms with van der Waals surface area (Å²) in [5.41, 5.74) is 2.27. The van der Waals surface area contributed by atoms with Gasteiger partial charge in [-0.25, -0.2) is 4.79 Å². The minimum Gasteiger partial charge on any atom is -0.381 e. The Morgan fingerprint density at radius 2 is 1.79 bits per heavy atom. The summed E-state index contributed by atoms with van der Waals surface area (Å²) in [5.74, 6) is 0.582. The van der Waals surface area contributed by atoms with E-state index < -0.39 is 0 Å². The number of hydrogen-bond donors (Lipinski definition) is 2. The largest absolute Gasteiger partial charge is 0.381 e. The predicted molar refractivity (Wildman–Crippen MR) is 111 cm³/mol. The van der Waals surface area contributed by atoms with Crippen molar-refractivity contribution in [2.45, 2.75) is 25.4 Å². The Morgan fingerprint density at radius 3 is 2.57 bits per heavy atom. The lowest BCUT2D eigenvalue weighted by Gasteiger charge is -2.33. The molecule has 2 N–H and O–H groups in total. The zero-order valence-corrected chi connectivity index (χ0v) is 15.8. The molecule has 0 unspecified atom stereocenters. The molecule has 0 spiro atoms. The van der Waals surface area contributed by atoms with Crippen molar-refractivity contribution in [1.82, 2.24) is 14.7 Å². The van der Waals surface area contributed by atoms with E-state index in [1.165, 1.54) is 5.56 Å². The van der Waals surface area contributed by atoms with Crippen LogP contribution in [-0.2, 0) is 6.54 Å². The smallest absolute Gasteiger partial charge is 0.323 e. The van der Waals surface area contributed by atoms with Crippen molar-refractivity contribution in [2.75, 3.05) is 23.7 Å². The molecule has 0 bridgehead atoms. The van der Waals surface area contributed by atoms with Crippen molar-refractivity contribution >= 4 is 17.5 Å². The highest BCUT2D eigenvalue weighted by Gasteiger charge is 2.24. The fourth-order valence-corrected chi connectivity index (χ4v) is 3.53. The van der Waals surface area contributed by atoms with Gasteiger partial charge in [0.2, 0.25) is 0 Å². The average Bonchev–Trinajstić information content (AvgIpc) is 3.16. The van der Waals surface area contributed by atoms with Crippen molar-refractivity contribution in [3.05, 3.63) is 78.5 Å². The molecule has 0 aliphatic carbocycles. The number of aromatic nitrogens is 2. The first-order valence-electron chi connectivity index (χ1n) is 9.71. The number of piperidine rings is 1. The maximum absolute atomic E-state index is 12.7. The van der Waals surface area contributed by atoms with Gasteiger partial charge in [0.25, 0.3) is 0 Å². The molecule has 1 aliphatic rings. The highest BCUT2D eigenvalue weighted by atomic mass is 16.2. The summed E-state index contributed by atoms with van der Waals surface area (Å²) in [4.78, 5) is 14.5. The molecule has 28 heavy (non-hydrogen) atoms. The first-order valence-corrected chi connectivity index (χ1v) is 9.71. The second kappa shape index (κ2) is 8.61. The molecule has 4 rings (SSSR count). The molecule has 1 saturated heterocycles. The summed E-state index contributed by atoms with van der Waals surface area (Å²) in [6.07, 6.45) is 3.93. The number of carbonyl (C=O) groups excluding carboxylic acids is 1. The zero-order chi connectivity index (χ0) is 19.2. The number of carbonyl (C=O) groups is 1. The van der Waals surface area contributed by atoms with Crippen LogP contribution in [0.15, 0.2) is 72.9 Å². The van der Waals surface area contributed by atoms with Gasteiger partial charge in [-0.05, 0) is 30.5 Å². The highest BCUT2D eigenvalue weighted by molar-refractivity contribution is 5.88. The SMILES string of the molecule is O=C(Nc1ccn(Cc2ccccc2)n1)N1CCC[C@@H](Nc2ccccc2)C1. The Hall–Kier alpha value is -3.28. The first kappa shape index (κ1) is 18.1. The molecule has 1 atom stereocenters. The van der Waals surface area contributed by atoms with E-state index in [2.05, 4.69) is 40.0 Å². The summed E-state index contributed by atoms with van der Waals surface area (Å²) in [6, 6.07) is 22.3. The lowest BCUT2D eigenvalue weighted by molar-refractivity contribution is 0.196.